The highest BCUT2D eigenvalue weighted by Gasteiger charge is 2.84. The molecule has 0 bridgehead atoms. The summed E-state index contributed by atoms with van der Waals surface area (Å²) in [5, 5.41) is 10.6. The highest BCUT2D eigenvalue weighted by atomic mass is 19.4. The Morgan fingerprint density at radius 3 is 1.59 bits per heavy atom. The van der Waals surface area contributed by atoms with Crippen LogP contribution in [-0.4, -0.2) is 47.2 Å². The van der Waals surface area contributed by atoms with Crippen LogP contribution in [0, 0.1) is 6.92 Å². The largest absolute Gasteiger partial charge is 0.411 e. The van der Waals surface area contributed by atoms with Gasteiger partial charge in [0.15, 0.2) is 0 Å². The van der Waals surface area contributed by atoms with Crippen molar-refractivity contribution in [2.45, 2.75) is 43.2 Å². The van der Waals surface area contributed by atoms with E-state index in [1.54, 1.807) is 0 Å². The number of nitrogens with zero attached hydrogens (tertiary/aromatic N) is 1. The minimum Gasteiger partial charge on any atom is -0.411 e. The molecule has 0 heterocycles. The molecule has 1 aromatic rings. The Kier molecular flexibility index (Phi) is 6.08. The summed E-state index contributed by atoms with van der Waals surface area (Å²) in [7, 11) is 0. The molecule has 0 amide bonds. The predicted molar refractivity (Wildman–Crippen MR) is 70.2 cm³/mol. The molecule has 0 aromatic heterocycles. The van der Waals surface area contributed by atoms with Crippen LogP contribution in [0.15, 0.2) is 29.4 Å². The molecule has 13 heteroatoms. The quantitative estimate of drug-likeness (QED) is 0.277. The smallest absolute Gasteiger partial charge is 0.384 e. The first-order chi connectivity index (χ1) is 12.1. The van der Waals surface area contributed by atoms with Gasteiger partial charge in [-0.1, -0.05) is 35.0 Å². The Balaban J connectivity index is 3.42. The number of halogens is 11. The first kappa shape index (κ1) is 23.0. The molecule has 0 radical (unpaired) electrons. The lowest BCUT2D eigenvalue weighted by Gasteiger charge is -2.37. The highest BCUT2D eigenvalue weighted by Crippen LogP contribution is 2.55. The van der Waals surface area contributed by atoms with E-state index in [1.165, 1.54) is 6.92 Å². The van der Waals surface area contributed by atoms with Gasteiger partial charge in [-0.2, -0.15) is 35.1 Å². The SMILES string of the molecule is Cc1ccc(/C(=N/O)C(F)C(F)(F)C(F)(F)C(F)(F)C(F)(F)C(F)F)cc1. The highest BCUT2D eigenvalue weighted by molar-refractivity contribution is 6.04. The molecule has 0 aliphatic carbocycles. The molecular formula is C14H10F11NO. The van der Waals surface area contributed by atoms with Crippen molar-refractivity contribution in [3.63, 3.8) is 0 Å². The van der Waals surface area contributed by atoms with Gasteiger partial charge < -0.3 is 5.21 Å². The first-order valence-corrected chi connectivity index (χ1v) is 6.78. The standard InChI is InChI=1S/C14H10F11NO/c1-6-2-4-7(5-3-6)8(26-27)9(15)11(18,19)13(22,23)14(24,25)12(20,21)10(16)17/h2-5,9-10,27H,1H3/b26-8-. The van der Waals surface area contributed by atoms with Gasteiger partial charge in [0.05, 0.1) is 0 Å². The normalized spacial score (nSPS) is 16.0. The van der Waals surface area contributed by atoms with Crippen molar-refractivity contribution in [3.05, 3.63) is 35.4 Å². The maximum Gasteiger partial charge on any atom is 0.384 e. The van der Waals surface area contributed by atoms with Gasteiger partial charge in [0.25, 0.3) is 0 Å². The first-order valence-electron chi connectivity index (χ1n) is 6.78. The minimum absolute atomic E-state index is 0.451. The second kappa shape index (κ2) is 7.15. The Bertz CT molecular complexity index is 685. The molecule has 0 aliphatic heterocycles. The van der Waals surface area contributed by atoms with Crippen molar-refractivity contribution < 1.29 is 53.5 Å². The molecule has 27 heavy (non-hydrogen) atoms. The molecule has 0 spiro atoms. The van der Waals surface area contributed by atoms with Gasteiger partial charge in [-0.15, -0.1) is 0 Å². The maximum atomic E-state index is 14.0. The van der Waals surface area contributed by atoms with Crippen molar-refractivity contribution in [1.82, 2.24) is 0 Å². The molecule has 1 aromatic carbocycles. The van der Waals surface area contributed by atoms with Gasteiger partial charge in [-0.25, -0.2) is 13.2 Å². The van der Waals surface area contributed by atoms with E-state index in [-0.39, 0.29) is 0 Å². The molecule has 1 N–H and O–H groups in total. The van der Waals surface area contributed by atoms with Crippen molar-refractivity contribution in [2.75, 3.05) is 0 Å². The van der Waals surface area contributed by atoms with Crippen LogP contribution >= 0.6 is 0 Å². The number of hydrogen-bond donors (Lipinski definition) is 1. The van der Waals surface area contributed by atoms with Gasteiger partial charge in [0.2, 0.25) is 6.17 Å². The third kappa shape index (κ3) is 3.55. The minimum atomic E-state index is -7.34. The van der Waals surface area contributed by atoms with Crippen molar-refractivity contribution in [3.8, 4) is 0 Å². The average molecular weight is 417 g/mol. The number of benzene rings is 1. The summed E-state index contributed by atoms with van der Waals surface area (Å²) < 4.78 is 144. The maximum absolute atomic E-state index is 14.0. The summed E-state index contributed by atoms with van der Waals surface area (Å²) in [5.41, 5.74) is -2.21. The molecule has 1 unspecified atom stereocenters. The average Bonchev–Trinajstić information content (AvgIpc) is 2.56. The molecule has 154 valence electrons. The Morgan fingerprint density at radius 1 is 0.815 bits per heavy atom. The van der Waals surface area contributed by atoms with Crippen LogP contribution in [0.25, 0.3) is 0 Å². The monoisotopic (exact) mass is 417 g/mol. The number of aryl methyl sites for hydroxylation is 1. The van der Waals surface area contributed by atoms with E-state index < -0.39 is 47.6 Å². The summed E-state index contributed by atoms with van der Waals surface area (Å²) in [5.74, 6) is -28.2. The van der Waals surface area contributed by atoms with Crippen LogP contribution in [0.4, 0.5) is 48.3 Å². The van der Waals surface area contributed by atoms with Crippen molar-refractivity contribution >= 4 is 5.71 Å². The predicted octanol–water partition coefficient (Wildman–Crippen LogP) is 5.32. The van der Waals surface area contributed by atoms with E-state index in [4.69, 9.17) is 5.21 Å². The lowest BCUT2D eigenvalue weighted by atomic mass is 9.91. The molecule has 1 atom stereocenters. The van der Waals surface area contributed by atoms with E-state index in [1.807, 2.05) is 5.16 Å². The zero-order valence-corrected chi connectivity index (χ0v) is 13.0. The molecule has 0 fully saturated rings. The molecular weight excluding hydrogens is 407 g/mol. The Morgan fingerprint density at radius 2 is 1.22 bits per heavy atom. The van der Waals surface area contributed by atoms with Gasteiger partial charge in [-0.05, 0) is 6.92 Å². The third-order valence-corrected chi connectivity index (χ3v) is 3.52. The van der Waals surface area contributed by atoms with Gasteiger partial charge in [0.1, 0.15) is 5.71 Å². The zero-order chi connectivity index (χ0) is 21.4. The van der Waals surface area contributed by atoms with E-state index >= 15 is 0 Å². The lowest BCUT2D eigenvalue weighted by Crippen LogP contribution is -2.67. The fourth-order valence-electron chi connectivity index (χ4n) is 1.87. The summed E-state index contributed by atoms with van der Waals surface area (Å²) >= 11 is 0. The second-order valence-corrected chi connectivity index (χ2v) is 5.41. The van der Waals surface area contributed by atoms with Crippen LogP contribution in [0.1, 0.15) is 11.1 Å². The van der Waals surface area contributed by atoms with Crippen LogP contribution < -0.4 is 0 Å². The number of alkyl halides is 11. The number of hydrogen-bond acceptors (Lipinski definition) is 2. The summed E-state index contributed by atoms with van der Waals surface area (Å²) in [6, 6.07) is 3.81. The van der Waals surface area contributed by atoms with E-state index in [0.29, 0.717) is 5.56 Å². The second-order valence-electron chi connectivity index (χ2n) is 5.41. The summed E-state index contributed by atoms with van der Waals surface area (Å²) in [6.45, 7) is 1.46. The number of oxime groups is 1. The van der Waals surface area contributed by atoms with Crippen molar-refractivity contribution in [2.24, 2.45) is 5.16 Å². The molecule has 0 aliphatic rings. The van der Waals surface area contributed by atoms with Crippen LogP contribution in [0.3, 0.4) is 0 Å². The molecule has 1 rings (SSSR count). The van der Waals surface area contributed by atoms with Gasteiger partial charge in [-0.3, -0.25) is 0 Å². The van der Waals surface area contributed by atoms with E-state index in [9.17, 15) is 48.3 Å². The number of rotatable bonds is 7. The summed E-state index contributed by atoms with van der Waals surface area (Å²) in [6.07, 6.45) is -9.99. The van der Waals surface area contributed by atoms with Crippen LogP contribution in [-0.2, 0) is 0 Å². The Labute approximate surface area is 144 Å². The van der Waals surface area contributed by atoms with Crippen LogP contribution in [0.5, 0.6) is 0 Å². The summed E-state index contributed by atoms with van der Waals surface area (Å²) in [4.78, 5) is 0. The molecule has 0 saturated carbocycles. The van der Waals surface area contributed by atoms with E-state index in [2.05, 4.69) is 0 Å². The van der Waals surface area contributed by atoms with Crippen molar-refractivity contribution in [1.29, 1.82) is 0 Å². The third-order valence-electron chi connectivity index (χ3n) is 3.52. The van der Waals surface area contributed by atoms with Gasteiger partial charge >= 0.3 is 30.1 Å². The topological polar surface area (TPSA) is 32.6 Å². The zero-order valence-electron chi connectivity index (χ0n) is 13.0. The van der Waals surface area contributed by atoms with Gasteiger partial charge in [0, 0.05) is 5.56 Å². The fourth-order valence-corrected chi connectivity index (χ4v) is 1.87. The van der Waals surface area contributed by atoms with E-state index in [0.717, 1.165) is 24.3 Å². The fraction of sp³-hybridized carbons (Fsp3) is 0.500. The Hall–Kier alpha value is -2.08. The molecule has 0 saturated heterocycles. The molecule has 2 nitrogen and oxygen atoms in total. The van der Waals surface area contributed by atoms with Crippen LogP contribution in [0.2, 0.25) is 0 Å². The lowest BCUT2D eigenvalue weighted by molar-refractivity contribution is -0.387.